The lowest BCUT2D eigenvalue weighted by atomic mass is 9.98. The lowest BCUT2D eigenvalue weighted by Gasteiger charge is -2.30. The fourth-order valence-corrected chi connectivity index (χ4v) is 3.38. The Bertz CT molecular complexity index is 533. The zero-order valence-corrected chi connectivity index (χ0v) is 13.9. The van der Waals surface area contributed by atoms with Crippen molar-refractivity contribution in [1.29, 1.82) is 0 Å². The first-order valence-electron chi connectivity index (χ1n) is 7.58. The Morgan fingerprint density at radius 1 is 1.48 bits per heavy atom. The number of hydrogen-bond acceptors (Lipinski definition) is 4. The molecule has 1 unspecified atom stereocenters. The maximum atomic E-state index is 12.5. The highest BCUT2D eigenvalue weighted by Crippen LogP contribution is 2.37. The van der Waals surface area contributed by atoms with Crippen LogP contribution in [0.3, 0.4) is 0 Å². The summed E-state index contributed by atoms with van der Waals surface area (Å²) in [5.41, 5.74) is 0.325. The highest BCUT2D eigenvalue weighted by molar-refractivity contribution is 9.10. The van der Waals surface area contributed by atoms with Gasteiger partial charge in [0.15, 0.2) is 0 Å². The summed E-state index contributed by atoms with van der Waals surface area (Å²) < 4.78 is 6.32. The monoisotopic (exact) mass is 352 g/mol. The van der Waals surface area contributed by atoms with Crippen LogP contribution in [0.4, 0.5) is 5.69 Å². The van der Waals surface area contributed by atoms with Gasteiger partial charge in [-0.15, -0.1) is 0 Å². The molecule has 1 heterocycles. The van der Waals surface area contributed by atoms with Gasteiger partial charge in [-0.2, -0.15) is 0 Å². The van der Waals surface area contributed by atoms with Crippen LogP contribution in [0.5, 0.6) is 0 Å². The zero-order chi connectivity index (χ0) is 14.9. The van der Waals surface area contributed by atoms with Crippen molar-refractivity contribution < 1.29 is 9.53 Å². The van der Waals surface area contributed by atoms with E-state index in [1.165, 1.54) is 12.8 Å². The van der Waals surface area contributed by atoms with E-state index in [0.717, 1.165) is 29.7 Å². The van der Waals surface area contributed by atoms with Crippen molar-refractivity contribution in [2.24, 2.45) is 0 Å². The molecular formula is C16H21BrN2O2. The van der Waals surface area contributed by atoms with Crippen molar-refractivity contribution in [3.63, 3.8) is 0 Å². The van der Waals surface area contributed by atoms with Crippen molar-refractivity contribution in [2.45, 2.75) is 37.8 Å². The Kier molecular flexibility index (Phi) is 4.22. The lowest BCUT2D eigenvalue weighted by Crippen LogP contribution is -2.50. The standard InChI is InChI=1S/C16H21BrN2O2/c1-2-21-15(20)16(9-10-19(11-16)12-7-8-12)18-14-6-4-3-5-13(14)17/h3-6,12,18H,2,7-11H2,1H3. The van der Waals surface area contributed by atoms with Crippen molar-refractivity contribution >= 4 is 27.6 Å². The first-order valence-corrected chi connectivity index (χ1v) is 8.38. The third-order valence-electron chi connectivity index (χ3n) is 4.28. The van der Waals surface area contributed by atoms with Gasteiger partial charge in [0.05, 0.1) is 6.61 Å². The average Bonchev–Trinajstić information content (AvgIpc) is 3.23. The summed E-state index contributed by atoms with van der Waals surface area (Å²) in [4.78, 5) is 15.0. The molecule has 0 radical (unpaired) electrons. The van der Waals surface area contributed by atoms with Crippen molar-refractivity contribution in [1.82, 2.24) is 4.90 Å². The van der Waals surface area contributed by atoms with Crippen LogP contribution >= 0.6 is 15.9 Å². The number of likely N-dealkylation sites (tertiary alicyclic amines) is 1. The number of carbonyl (C=O) groups excluding carboxylic acids is 1. The van der Waals surface area contributed by atoms with Crippen molar-refractivity contribution in [3.05, 3.63) is 28.7 Å². The molecule has 0 bridgehead atoms. The Hall–Kier alpha value is -1.07. The number of para-hydroxylation sites is 1. The normalized spacial score (nSPS) is 25.8. The third kappa shape index (κ3) is 3.09. The van der Waals surface area contributed by atoms with Crippen LogP contribution in [-0.2, 0) is 9.53 Å². The average molecular weight is 353 g/mol. The molecule has 21 heavy (non-hydrogen) atoms. The Balaban J connectivity index is 1.82. The van der Waals surface area contributed by atoms with Crippen LogP contribution in [0.25, 0.3) is 0 Å². The Morgan fingerprint density at radius 2 is 2.24 bits per heavy atom. The first-order chi connectivity index (χ1) is 10.1. The number of carbonyl (C=O) groups is 1. The van der Waals surface area contributed by atoms with Crippen LogP contribution in [-0.4, -0.2) is 42.1 Å². The van der Waals surface area contributed by atoms with E-state index in [1.54, 1.807) is 0 Å². The lowest BCUT2D eigenvalue weighted by molar-refractivity contribution is -0.148. The smallest absolute Gasteiger partial charge is 0.333 e. The number of anilines is 1. The van der Waals surface area contributed by atoms with Gasteiger partial charge >= 0.3 is 5.97 Å². The van der Waals surface area contributed by atoms with E-state index in [2.05, 4.69) is 26.1 Å². The van der Waals surface area contributed by atoms with Gasteiger partial charge in [-0.3, -0.25) is 4.90 Å². The minimum absolute atomic E-state index is 0.135. The van der Waals surface area contributed by atoms with Crippen LogP contribution in [0.1, 0.15) is 26.2 Å². The van der Waals surface area contributed by atoms with Crippen LogP contribution in [0.15, 0.2) is 28.7 Å². The molecule has 3 rings (SSSR count). The van der Waals surface area contributed by atoms with Gasteiger partial charge in [0.2, 0.25) is 0 Å². The second-order valence-corrected chi connectivity index (χ2v) is 6.71. The topological polar surface area (TPSA) is 41.6 Å². The minimum atomic E-state index is -0.623. The number of benzene rings is 1. The van der Waals surface area contributed by atoms with Gasteiger partial charge in [0, 0.05) is 29.3 Å². The van der Waals surface area contributed by atoms with E-state index >= 15 is 0 Å². The molecule has 114 valence electrons. The molecule has 1 saturated carbocycles. The number of nitrogens with one attached hydrogen (secondary N) is 1. The van der Waals surface area contributed by atoms with Gasteiger partial charge in [0.1, 0.15) is 5.54 Å². The molecule has 2 aliphatic rings. The molecule has 2 fully saturated rings. The van der Waals surface area contributed by atoms with E-state index in [9.17, 15) is 4.79 Å². The van der Waals surface area contributed by atoms with Gasteiger partial charge in [-0.1, -0.05) is 12.1 Å². The summed E-state index contributed by atoms with van der Waals surface area (Å²) >= 11 is 3.54. The molecule has 0 amide bonds. The predicted octanol–water partition coefficient (Wildman–Crippen LogP) is 3.03. The molecule has 1 aromatic carbocycles. The highest BCUT2D eigenvalue weighted by atomic mass is 79.9. The second kappa shape index (κ2) is 5.97. The highest BCUT2D eigenvalue weighted by Gasteiger charge is 2.49. The van der Waals surface area contributed by atoms with E-state index in [-0.39, 0.29) is 5.97 Å². The molecule has 4 nitrogen and oxygen atoms in total. The fourth-order valence-electron chi connectivity index (χ4n) is 3.00. The number of hydrogen-bond donors (Lipinski definition) is 1. The molecule has 1 atom stereocenters. The molecule has 1 aliphatic heterocycles. The quantitative estimate of drug-likeness (QED) is 0.827. The minimum Gasteiger partial charge on any atom is -0.464 e. The summed E-state index contributed by atoms with van der Waals surface area (Å²) in [6, 6.07) is 8.58. The fraction of sp³-hybridized carbons (Fsp3) is 0.562. The molecular weight excluding hydrogens is 332 g/mol. The molecule has 1 N–H and O–H groups in total. The van der Waals surface area contributed by atoms with E-state index < -0.39 is 5.54 Å². The van der Waals surface area contributed by atoms with Crippen LogP contribution in [0.2, 0.25) is 0 Å². The second-order valence-electron chi connectivity index (χ2n) is 5.86. The summed E-state index contributed by atoms with van der Waals surface area (Å²) in [7, 11) is 0. The van der Waals surface area contributed by atoms with Crippen LogP contribution in [0, 0.1) is 0 Å². The van der Waals surface area contributed by atoms with E-state index in [0.29, 0.717) is 12.6 Å². The van der Waals surface area contributed by atoms with Crippen LogP contribution < -0.4 is 5.32 Å². The van der Waals surface area contributed by atoms with E-state index in [1.807, 2.05) is 31.2 Å². The number of halogens is 1. The SMILES string of the molecule is CCOC(=O)C1(Nc2ccccc2Br)CCN(C2CC2)C1. The summed E-state index contributed by atoms with van der Waals surface area (Å²) in [5.74, 6) is -0.135. The zero-order valence-electron chi connectivity index (χ0n) is 12.3. The number of rotatable bonds is 5. The Labute approximate surface area is 134 Å². The van der Waals surface area contributed by atoms with Gasteiger partial charge in [0.25, 0.3) is 0 Å². The van der Waals surface area contributed by atoms with Crippen molar-refractivity contribution in [3.8, 4) is 0 Å². The summed E-state index contributed by atoms with van der Waals surface area (Å²) in [6.07, 6.45) is 3.31. The maximum absolute atomic E-state index is 12.5. The van der Waals surface area contributed by atoms with Crippen molar-refractivity contribution in [2.75, 3.05) is 25.0 Å². The number of ether oxygens (including phenoxy) is 1. The molecule has 0 aromatic heterocycles. The first kappa shape index (κ1) is 14.9. The predicted molar refractivity (Wildman–Crippen MR) is 86.3 cm³/mol. The largest absolute Gasteiger partial charge is 0.464 e. The molecule has 1 aromatic rings. The van der Waals surface area contributed by atoms with E-state index in [4.69, 9.17) is 4.74 Å². The van der Waals surface area contributed by atoms with Gasteiger partial charge in [-0.05, 0) is 54.2 Å². The number of esters is 1. The molecule has 1 saturated heterocycles. The molecule has 1 aliphatic carbocycles. The summed E-state index contributed by atoms with van der Waals surface area (Å²) in [5, 5.41) is 3.46. The summed E-state index contributed by atoms with van der Waals surface area (Å²) in [6.45, 7) is 3.97. The molecule has 0 spiro atoms. The Morgan fingerprint density at radius 3 is 2.90 bits per heavy atom. The molecule has 5 heteroatoms. The number of nitrogens with zero attached hydrogens (tertiary/aromatic N) is 1. The third-order valence-corrected chi connectivity index (χ3v) is 4.97. The maximum Gasteiger partial charge on any atom is 0.333 e. The van der Waals surface area contributed by atoms with Gasteiger partial charge in [-0.25, -0.2) is 4.79 Å². The van der Waals surface area contributed by atoms with Gasteiger partial charge < -0.3 is 10.1 Å².